The number of rotatable bonds is 6. The van der Waals surface area contributed by atoms with Gasteiger partial charge in [0.25, 0.3) is 5.09 Å². The Bertz CT molecular complexity index is 772. The molecule has 1 N–H and O–H groups in total. The van der Waals surface area contributed by atoms with Crippen molar-refractivity contribution < 1.29 is 29.4 Å². The molecule has 2 aromatic carbocycles. The molecule has 0 aromatic heterocycles. The van der Waals surface area contributed by atoms with Crippen LogP contribution in [-0.4, -0.2) is 28.7 Å². The van der Waals surface area contributed by atoms with E-state index in [4.69, 9.17) is 9.84 Å². The van der Waals surface area contributed by atoms with Crippen LogP contribution in [0.5, 0.6) is 5.75 Å². The zero-order chi connectivity index (χ0) is 17.0. The van der Waals surface area contributed by atoms with Crippen molar-refractivity contribution in [3.05, 3.63) is 52.1 Å². The average molecular weight is 319 g/mol. The van der Waals surface area contributed by atoms with Crippen LogP contribution in [0.1, 0.15) is 18.4 Å². The monoisotopic (exact) mass is 319 g/mol. The maximum Gasteiger partial charge on any atom is 0.337 e. The largest absolute Gasteiger partial charge is 0.481 e. The molecule has 1 atom stereocenters. The third-order valence-electron chi connectivity index (χ3n) is 3.23. The van der Waals surface area contributed by atoms with Gasteiger partial charge in [-0.15, -0.1) is 10.1 Å². The number of hydrogen-bond donors (Lipinski definition) is 1. The second kappa shape index (κ2) is 6.73. The lowest BCUT2D eigenvalue weighted by atomic mass is 9.98. The highest BCUT2D eigenvalue weighted by molar-refractivity contribution is 5.87. The van der Waals surface area contributed by atoms with Crippen LogP contribution >= 0.6 is 0 Å². The summed E-state index contributed by atoms with van der Waals surface area (Å²) in [5.74, 6) is -2.22. The van der Waals surface area contributed by atoms with E-state index in [2.05, 4.69) is 4.84 Å². The minimum atomic E-state index is -1.08. The van der Waals surface area contributed by atoms with Crippen LogP contribution in [0.4, 0.5) is 0 Å². The van der Waals surface area contributed by atoms with E-state index in [1.165, 1.54) is 6.07 Å². The molecule has 23 heavy (non-hydrogen) atoms. The van der Waals surface area contributed by atoms with E-state index in [-0.39, 0.29) is 5.75 Å². The molecule has 0 amide bonds. The molecule has 1 unspecified atom stereocenters. The molecule has 0 aliphatic heterocycles. The SMILES string of the molecule is CC(C(=O)O)c1ccc2cc(OC(=O)CO[N+](=O)[O-])ccc2c1. The number of ether oxygens (including phenoxy) is 1. The minimum absolute atomic E-state index is 0.216. The highest BCUT2D eigenvalue weighted by Crippen LogP contribution is 2.25. The second-order valence-corrected chi connectivity index (χ2v) is 4.80. The summed E-state index contributed by atoms with van der Waals surface area (Å²) in [6.45, 7) is 0.801. The molecule has 0 aliphatic rings. The average Bonchev–Trinajstić information content (AvgIpc) is 2.51. The normalized spacial score (nSPS) is 11.7. The maximum absolute atomic E-state index is 11.4. The van der Waals surface area contributed by atoms with Gasteiger partial charge in [0.05, 0.1) is 5.92 Å². The summed E-state index contributed by atoms with van der Waals surface area (Å²) in [6, 6.07) is 9.91. The standard InChI is InChI=1S/C15H13NO7/c1-9(15(18)19)10-2-3-12-7-13(5-4-11(12)6-10)23-14(17)8-22-16(20)21/h2-7,9H,8H2,1H3,(H,18,19). The van der Waals surface area contributed by atoms with Crippen molar-refractivity contribution in [1.82, 2.24) is 0 Å². The van der Waals surface area contributed by atoms with Crippen molar-refractivity contribution in [3.63, 3.8) is 0 Å². The first kappa shape index (κ1) is 16.2. The summed E-state index contributed by atoms with van der Waals surface area (Å²) in [6.07, 6.45) is 0. The summed E-state index contributed by atoms with van der Waals surface area (Å²) in [5.41, 5.74) is 0.661. The summed E-state index contributed by atoms with van der Waals surface area (Å²) < 4.78 is 4.93. The number of aliphatic carboxylic acids is 1. The quantitative estimate of drug-likeness (QED) is 0.375. The number of carbonyl (C=O) groups excluding carboxylic acids is 1. The Labute approximate surface area is 130 Å². The van der Waals surface area contributed by atoms with Gasteiger partial charge in [-0.05, 0) is 35.4 Å². The maximum atomic E-state index is 11.4. The predicted octanol–water partition coefficient (Wildman–Crippen LogP) is 2.14. The zero-order valence-electron chi connectivity index (χ0n) is 12.1. The predicted molar refractivity (Wildman–Crippen MR) is 78.6 cm³/mol. The van der Waals surface area contributed by atoms with Crippen LogP contribution < -0.4 is 4.74 Å². The molecule has 8 nitrogen and oxygen atoms in total. The Morgan fingerprint density at radius 2 is 1.87 bits per heavy atom. The van der Waals surface area contributed by atoms with E-state index in [9.17, 15) is 19.7 Å². The van der Waals surface area contributed by atoms with Gasteiger partial charge in [0, 0.05) is 0 Å². The molecule has 0 saturated heterocycles. The summed E-state index contributed by atoms with van der Waals surface area (Å²) in [4.78, 5) is 36.3. The first-order chi connectivity index (χ1) is 10.9. The van der Waals surface area contributed by atoms with Gasteiger partial charge in [0.2, 0.25) is 0 Å². The van der Waals surface area contributed by atoms with Gasteiger partial charge < -0.3 is 14.7 Å². The van der Waals surface area contributed by atoms with E-state index >= 15 is 0 Å². The molecule has 0 bridgehead atoms. The number of hydrogen-bond acceptors (Lipinski definition) is 6. The molecule has 2 aromatic rings. The Balaban J connectivity index is 2.16. The highest BCUT2D eigenvalue weighted by atomic mass is 17.0. The van der Waals surface area contributed by atoms with Crippen molar-refractivity contribution in [2.75, 3.05) is 6.61 Å². The van der Waals surface area contributed by atoms with Crippen LogP contribution in [0.25, 0.3) is 10.8 Å². The van der Waals surface area contributed by atoms with E-state index in [1.807, 2.05) is 0 Å². The Morgan fingerprint density at radius 3 is 2.52 bits per heavy atom. The van der Waals surface area contributed by atoms with Crippen LogP contribution in [0, 0.1) is 10.1 Å². The van der Waals surface area contributed by atoms with Gasteiger partial charge in [-0.3, -0.25) is 4.79 Å². The van der Waals surface area contributed by atoms with Gasteiger partial charge in [0.15, 0.2) is 6.61 Å². The molecule has 8 heteroatoms. The lowest BCUT2D eigenvalue weighted by Gasteiger charge is -2.09. The first-order valence-electron chi connectivity index (χ1n) is 6.61. The molecule has 120 valence electrons. The van der Waals surface area contributed by atoms with E-state index in [1.54, 1.807) is 37.3 Å². The van der Waals surface area contributed by atoms with E-state index in [0.717, 1.165) is 10.8 Å². The van der Waals surface area contributed by atoms with Gasteiger partial charge >= 0.3 is 11.9 Å². The van der Waals surface area contributed by atoms with Crippen LogP contribution in [0.2, 0.25) is 0 Å². The third-order valence-corrected chi connectivity index (χ3v) is 3.23. The number of carbonyl (C=O) groups is 2. The molecule has 0 radical (unpaired) electrons. The Kier molecular flexibility index (Phi) is 4.75. The zero-order valence-corrected chi connectivity index (χ0v) is 12.1. The lowest BCUT2D eigenvalue weighted by Crippen LogP contribution is -2.17. The van der Waals surface area contributed by atoms with Crippen molar-refractivity contribution in [3.8, 4) is 5.75 Å². The number of nitrogens with zero attached hydrogens (tertiary/aromatic N) is 1. The van der Waals surface area contributed by atoms with Crippen LogP contribution in [0.15, 0.2) is 36.4 Å². The van der Waals surface area contributed by atoms with Gasteiger partial charge in [0.1, 0.15) is 5.75 Å². The second-order valence-electron chi connectivity index (χ2n) is 4.80. The third kappa shape index (κ3) is 4.16. The van der Waals surface area contributed by atoms with Crippen molar-refractivity contribution >= 4 is 22.7 Å². The molecule has 2 rings (SSSR count). The number of esters is 1. The summed E-state index contributed by atoms with van der Waals surface area (Å²) in [7, 11) is 0. The lowest BCUT2D eigenvalue weighted by molar-refractivity contribution is -0.754. The summed E-state index contributed by atoms with van der Waals surface area (Å²) >= 11 is 0. The van der Waals surface area contributed by atoms with Gasteiger partial charge in [-0.2, -0.15) is 0 Å². The minimum Gasteiger partial charge on any atom is -0.481 e. The Morgan fingerprint density at radius 1 is 1.22 bits per heavy atom. The van der Waals surface area contributed by atoms with Crippen LogP contribution in [0.3, 0.4) is 0 Å². The Hall–Kier alpha value is -3.16. The molecule has 0 aliphatic carbocycles. The number of benzene rings is 2. The van der Waals surface area contributed by atoms with Gasteiger partial charge in [-0.25, -0.2) is 4.79 Å². The van der Waals surface area contributed by atoms with Gasteiger partial charge in [-0.1, -0.05) is 24.3 Å². The van der Waals surface area contributed by atoms with Crippen molar-refractivity contribution in [2.24, 2.45) is 0 Å². The fourth-order valence-electron chi connectivity index (χ4n) is 1.98. The molecular weight excluding hydrogens is 306 g/mol. The first-order valence-corrected chi connectivity index (χ1v) is 6.61. The van der Waals surface area contributed by atoms with Crippen molar-refractivity contribution in [1.29, 1.82) is 0 Å². The molecule has 0 spiro atoms. The van der Waals surface area contributed by atoms with Crippen LogP contribution in [-0.2, 0) is 14.4 Å². The molecule has 0 saturated carbocycles. The molecule has 0 heterocycles. The molecule has 0 fully saturated rings. The van der Waals surface area contributed by atoms with E-state index < -0.39 is 29.6 Å². The summed E-state index contributed by atoms with van der Waals surface area (Å²) in [5, 5.41) is 19.5. The highest BCUT2D eigenvalue weighted by Gasteiger charge is 2.14. The topological polar surface area (TPSA) is 116 Å². The number of carboxylic acid groups (broad SMARTS) is 1. The smallest absolute Gasteiger partial charge is 0.337 e. The van der Waals surface area contributed by atoms with Crippen molar-refractivity contribution in [2.45, 2.75) is 12.8 Å². The van der Waals surface area contributed by atoms with E-state index in [0.29, 0.717) is 5.56 Å². The molecular formula is C15H13NO7. The fourth-order valence-corrected chi connectivity index (χ4v) is 1.98. The number of carboxylic acids is 1. The number of fused-ring (bicyclic) bond motifs is 1. The fraction of sp³-hybridized carbons (Fsp3) is 0.200.